The maximum Gasteiger partial charge on any atom is 0.127 e. The molecule has 0 saturated heterocycles. The summed E-state index contributed by atoms with van der Waals surface area (Å²) in [6.07, 6.45) is 1.64. The number of rotatable bonds is 1. The van der Waals surface area contributed by atoms with Crippen LogP contribution in [0.1, 0.15) is 30.3 Å². The van der Waals surface area contributed by atoms with E-state index < -0.39 is 0 Å². The summed E-state index contributed by atoms with van der Waals surface area (Å²) >= 11 is 1.77. The molecule has 0 aliphatic heterocycles. The molecule has 0 amide bonds. The summed E-state index contributed by atoms with van der Waals surface area (Å²) in [4.78, 5) is 10.9. The van der Waals surface area contributed by atoms with E-state index in [4.69, 9.17) is 0 Å². The van der Waals surface area contributed by atoms with Crippen LogP contribution in [0, 0.1) is 6.92 Å². The van der Waals surface area contributed by atoms with Crippen molar-refractivity contribution >= 4 is 21.6 Å². The third-order valence-electron chi connectivity index (χ3n) is 2.12. The number of fused-ring (bicyclic) bond motifs is 1. The van der Waals surface area contributed by atoms with Crippen LogP contribution >= 0.6 is 11.3 Å². The molecule has 0 radical (unpaired) electrons. The highest BCUT2D eigenvalue weighted by Crippen LogP contribution is 2.29. The minimum absolute atomic E-state index is 0.582. The largest absolute Gasteiger partial charge is 0.241 e. The molecule has 0 aliphatic rings. The normalized spacial score (nSPS) is 11.4. The number of hydrogen-bond donors (Lipinski definition) is 0. The first-order chi connectivity index (χ1) is 6.18. The van der Waals surface area contributed by atoms with Gasteiger partial charge in [-0.2, -0.15) is 0 Å². The van der Waals surface area contributed by atoms with E-state index in [1.54, 1.807) is 17.7 Å². The van der Waals surface area contributed by atoms with Gasteiger partial charge in [-0.05, 0) is 18.9 Å². The SMILES string of the molecule is Cc1ncnc2sc(C(C)C)cc12. The molecule has 0 spiro atoms. The highest BCUT2D eigenvalue weighted by molar-refractivity contribution is 7.18. The summed E-state index contributed by atoms with van der Waals surface area (Å²) in [5.74, 6) is 0.582. The van der Waals surface area contributed by atoms with Crippen molar-refractivity contribution in [1.29, 1.82) is 0 Å². The highest BCUT2D eigenvalue weighted by atomic mass is 32.1. The fourth-order valence-corrected chi connectivity index (χ4v) is 2.33. The van der Waals surface area contributed by atoms with E-state index in [1.807, 2.05) is 6.92 Å². The van der Waals surface area contributed by atoms with Crippen molar-refractivity contribution < 1.29 is 0 Å². The highest BCUT2D eigenvalue weighted by Gasteiger charge is 2.07. The lowest BCUT2D eigenvalue weighted by Gasteiger charge is -1.95. The predicted molar refractivity (Wildman–Crippen MR) is 56.2 cm³/mol. The predicted octanol–water partition coefficient (Wildman–Crippen LogP) is 3.12. The van der Waals surface area contributed by atoms with Gasteiger partial charge in [0.15, 0.2) is 0 Å². The molecule has 0 unspecified atom stereocenters. The van der Waals surface area contributed by atoms with Gasteiger partial charge in [-0.25, -0.2) is 9.97 Å². The molecule has 0 N–H and O–H groups in total. The molecule has 0 aliphatic carbocycles. The lowest BCUT2D eigenvalue weighted by molar-refractivity contribution is 0.890. The number of thiophene rings is 1. The van der Waals surface area contributed by atoms with Crippen molar-refractivity contribution in [2.45, 2.75) is 26.7 Å². The second-order valence-corrected chi connectivity index (χ2v) is 4.54. The van der Waals surface area contributed by atoms with Crippen LogP contribution in [0.2, 0.25) is 0 Å². The van der Waals surface area contributed by atoms with Gasteiger partial charge in [0.25, 0.3) is 0 Å². The quantitative estimate of drug-likeness (QED) is 0.693. The first kappa shape index (κ1) is 8.63. The Morgan fingerprint density at radius 2 is 2.08 bits per heavy atom. The molecule has 0 bridgehead atoms. The third-order valence-corrected chi connectivity index (χ3v) is 3.46. The molecule has 0 aromatic carbocycles. The van der Waals surface area contributed by atoms with Crippen LogP contribution in [0.25, 0.3) is 10.2 Å². The zero-order valence-corrected chi connectivity index (χ0v) is 8.85. The Kier molecular flexibility index (Phi) is 2.04. The average molecular weight is 192 g/mol. The Balaban J connectivity index is 2.68. The molecule has 2 heterocycles. The molecule has 2 aromatic rings. The van der Waals surface area contributed by atoms with E-state index in [2.05, 4.69) is 29.9 Å². The summed E-state index contributed by atoms with van der Waals surface area (Å²) in [5.41, 5.74) is 1.08. The average Bonchev–Trinajstić information content (AvgIpc) is 2.49. The van der Waals surface area contributed by atoms with Gasteiger partial charge in [-0.15, -0.1) is 11.3 Å². The minimum atomic E-state index is 0.582. The van der Waals surface area contributed by atoms with Gasteiger partial charge in [-0.3, -0.25) is 0 Å². The molecule has 0 fully saturated rings. The number of hydrogen-bond acceptors (Lipinski definition) is 3. The van der Waals surface area contributed by atoms with Gasteiger partial charge in [0.05, 0.1) is 0 Å². The lowest BCUT2D eigenvalue weighted by atomic mass is 10.1. The lowest BCUT2D eigenvalue weighted by Crippen LogP contribution is -1.81. The molecule has 3 heteroatoms. The third kappa shape index (κ3) is 1.44. The molecular formula is C10H12N2S. The molecule has 0 atom stereocenters. The van der Waals surface area contributed by atoms with Crippen molar-refractivity contribution in [3.8, 4) is 0 Å². The van der Waals surface area contributed by atoms with Crippen LogP contribution < -0.4 is 0 Å². The Hall–Kier alpha value is -0.960. The first-order valence-electron chi connectivity index (χ1n) is 4.39. The molecular weight excluding hydrogens is 180 g/mol. The summed E-state index contributed by atoms with van der Waals surface area (Å²) in [5, 5.41) is 1.20. The minimum Gasteiger partial charge on any atom is -0.241 e. The molecule has 13 heavy (non-hydrogen) atoms. The summed E-state index contributed by atoms with van der Waals surface area (Å²) in [6, 6.07) is 2.21. The topological polar surface area (TPSA) is 25.8 Å². The van der Waals surface area contributed by atoms with Crippen molar-refractivity contribution in [2.75, 3.05) is 0 Å². The molecule has 0 saturated carbocycles. The molecule has 2 aromatic heterocycles. The van der Waals surface area contributed by atoms with Gasteiger partial charge in [-0.1, -0.05) is 13.8 Å². The van der Waals surface area contributed by atoms with E-state index in [9.17, 15) is 0 Å². The van der Waals surface area contributed by atoms with E-state index >= 15 is 0 Å². The monoisotopic (exact) mass is 192 g/mol. The summed E-state index contributed by atoms with van der Waals surface area (Å²) in [6.45, 7) is 6.43. The standard InChI is InChI=1S/C10H12N2S/c1-6(2)9-4-8-7(3)11-5-12-10(8)13-9/h4-6H,1-3H3. The van der Waals surface area contributed by atoms with Crippen molar-refractivity contribution in [2.24, 2.45) is 0 Å². The van der Waals surface area contributed by atoms with Gasteiger partial charge in [0.2, 0.25) is 0 Å². The van der Waals surface area contributed by atoms with E-state index in [-0.39, 0.29) is 0 Å². The van der Waals surface area contributed by atoms with Crippen LogP contribution in [0.15, 0.2) is 12.4 Å². The fraction of sp³-hybridized carbons (Fsp3) is 0.400. The van der Waals surface area contributed by atoms with E-state index in [0.29, 0.717) is 5.92 Å². The van der Waals surface area contributed by atoms with Gasteiger partial charge >= 0.3 is 0 Å². The van der Waals surface area contributed by atoms with E-state index in [0.717, 1.165) is 10.5 Å². The van der Waals surface area contributed by atoms with Gasteiger partial charge < -0.3 is 0 Å². The van der Waals surface area contributed by atoms with Crippen molar-refractivity contribution in [3.05, 3.63) is 23.0 Å². The molecule has 68 valence electrons. The van der Waals surface area contributed by atoms with Crippen molar-refractivity contribution in [1.82, 2.24) is 9.97 Å². The van der Waals surface area contributed by atoms with Gasteiger partial charge in [0.1, 0.15) is 11.2 Å². The number of nitrogens with zero attached hydrogens (tertiary/aromatic N) is 2. The number of aromatic nitrogens is 2. The van der Waals surface area contributed by atoms with Crippen LogP contribution in [0.3, 0.4) is 0 Å². The van der Waals surface area contributed by atoms with Crippen LogP contribution in [-0.4, -0.2) is 9.97 Å². The maximum atomic E-state index is 4.25. The Bertz CT molecular complexity index is 431. The Labute approximate surface area is 81.7 Å². The molecule has 2 nitrogen and oxygen atoms in total. The second-order valence-electron chi connectivity index (χ2n) is 3.48. The maximum absolute atomic E-state index is 4.25. The Morgan fingerprint density at radius 3 is 2.69 bits per heavy atom. The zero-order valence-electron chi connectivity index (χ0n) is 8.03. The van der Waals surface area contributed by atoms with Crippen molar-refractivity contribution in [3.63, 3.8) is 0 Å². The smallest absolute Gasteiger partial charge is 0.127 e. The fourth-order valence-electron chi connectivity index (χ4n) is 1.28. The first-order valence-corrected chi connectivity index (χ1v) is 5.21. The number of aryl methyl sites for hydroxylation is 1. The Morgan fingerprint density at radius 1 is 1.31 bits per heavy atom. The van der Waals surface area contributed by atoms with Crippen LogP contribution in [0.5, 0.6) is 0 Å². The summed E-state index contributed by atoms with van der Waals surface area (Å²) < 4.78 is 0. The van der Waals surface area contributed by atoms with E-state index in [1.165, 1.54) is 10.3 Å². The second kappa shape index (κ2) is 3.07. The molecule has 2 rings (SSSR count). The summed E-state index contributed by atoms with van der Waals surface area (Å²) in [7, 11) is 0. The van der Waals surface area contributed by atoms with Crippen LogP contribution in [-0.2, 0) is 0 Å². The van der Waals surface area contributed by atoms with Gasteiger partial charge in [0, 0.05) is 16.0 Å². The van der Waals surface area contributed by atoms with Crippen LogP contribution in [0.4, 0.5) is 0 Å². The zero-order chi connectivity index (χ0) is 9.42.